The summed E-state index contributed by atoms with van der Waals surface area (Å²) < 4.78 is 17.2. The van der Waals surface area contributed by atoms with E-state index in [2.05, 4.69) is 29.2 Å². The molecule has 0 amide bonds. The maximum absolute atomic E-state index is 11.5. The molecule has 25 heavy (non-hydrogen) atoms. The Balaban J connectivity index is 1.41. The number of hydrogen-bond acceptors (Lipinski definition) is 4. The Labute approximate surface area is 152 Å². The van der Waals surface area contributed by atoms with Gasteiger partial charge in [-0.05, 0) is 30.9 Å². The lowest BCUT2D eigenvalue weighted by molar-refractivity contribution is 0.329. The molecule has 4 nitrogen and oxygen atoms in total. The summed E-state index contributed by atoms with van der Waals surface area (Å²) in [6, 6.07) is 8.50. The van der Waals surface area contributed by atoms with Crippen molar-refractivity contribution in [2.24, 2.45) is 5.92 Å². The molecule has 1 aliphatic carbocycles. The first-order chi connectivity index (χ1) is 12.3. The van der Waals surface area contributed by atoms with Crippen LogP contribution >= 0.6 is 0 Å². The smallest absolute Gasteiger partial charge is 0.194 e. The standard InChI is InChI=1S/C20H26N2O2S/c23-25-12-10-22(11-13-25)18-8-6-17(7-9-18)19-15-24-20(21-19)14-16-4-2-1-3-5-16/h6-9,15-16H,1-5,10-14H2. The summed E-state index contributed by atoms with van der Waals surface area (Å²) >= 11 is 0. The third kappa shape index (κ3) is 4.14. The maximum Gasteiger partial charge on any atom is 0.194 e. The topological polar surface area (TPSA) is 46.3 Å². The molecule has 1 saturated heterocycles. The number of aromatic nitrogens is 1. The van der Waals surface area contributed by atoms with E-state index in [1.165, 1.54) is 37.8 Å². The van der Waals surface area contributed by atoms with Crippen molar-refractivity contribution in [1.29, 1.82) is 0 Å². The van der Waals surface area contributed by atoms with Crippen LogP contribution in [0, 0.1) is 5.92 Å². The fourth-order valence-electron chi connectivity index (χ4n) is 3.91. The van der Waals surface area contributed by atoms with E-state index >= 15 is 0 Å². The molecule has 1 saturated carbocycles. The third-order valence-corrected chi connectivity index (χ3v) is 6.72. The van der Waals surface area contributed by atoms with Gasteiger partial charge in [0.1, 0.15) is 12.0 Å². The second-order valence-corrected chi connectivity index (χ2v) is 8.91. The minimum atomic E-state index is -0.634. The SMILES string of the molecule is O=S1CCN(c2ccc(-c3coc(CC4CCCCC4)n3)cc2)CC1. The third-order valence-electron chi connectivity index (χ3n) is 5.45. The fourth-order valence-corrected chi connectivity index (χ4v) is 4.97. The van der Waals surface area contributed by atoms with Crippen LogP contribution < -0.4 is 4.90 Å². The van der Waals surface area contributed by atoms with E-state index in [1.54, 1.807) is 6.26 Å². The summed E-state index contributed by atoms with van der Waals surface area (Å²) in [6.07, 6.45) is 9.47. The van der Waals surface area contributed by atoms with Crippen molar-refractivity contribution in [1.82, 2.24) is 4.98 Å². The molecule has 134 valence electrons. The van der Waals surface area contributed by atoms with Gasteiger partial charge in [0.05, 0.1) is 0 Å². The molecule has 0 bridgehead atoms. The first-order valence-corrected chi connectivity index (χ1v) is 10.9. The molecule has 2 aliphatic rings. The Morgan fingerprint density at radius 1 is 1.08 bits per heavy atom. The van der Waals surface area contributed by atoms with E-state index in [0.29, 0.717) is 0 Å². The largest absolute Gasteiger partial charge is 0.448 e. The highest BCUT2D eigenvalue weighted by Crippen LogP contribution is 2.28. The Morgan fingerprint density at radius 2 is 1.80 bits per heavy atom. The molecule has 5 heteroatoms. The van der Waals surface area contributed by atoms with Gasteiger partial charge in [-0.3, -0.25) is 4.21 Å². The van der Waals surface area contributed by atoms with E-state index in [0.717, 1.165) is 54.1 Å². The van der Waals surface area contributed by atoms with Crippen molar-refractivity contribution in [2.75, 3.05) is 29.5 Å². The van der Waals surface area contributed by atoms with Crippen LogP contribution in [0.15, 0.2) is 34.9 Å². The number of nitrogens with zero attached hydrogens (tertiary/aromatic N) is 2. The van der Waals surface area contributed by atoms with Gasteiger partial charge >= 0.3 is 0 Å². The van der Waals surface area contributed by atoms with E-state index in [-0.39, 0.29) is 0 Å². The van der Waals surface area contributed by atoms with Crippen LogP contribution in [-0.4, -0.2) is 33.8 Å². The molecule has 2 heterocycles. The molecule has 0 spiro atoms. The lowest BCUT2D eigenvalue weighted by Crippen LogP contribution is -2.37. The van der Waals surface area contributed by atoms with E-state index in [9.17, 15) is 4.21 Å². The van der Waals surface area contributed by atoms with Gasteiger partial charge in [-0.15, -0.1) is 0 Å². The number of oxazole rings is 1. The zero-order chi connectivity index (χ0) is 17.1. The van der Waals surface area contributed by atoms with Crippen LogP contribution in [0.4, 0.5) is 5.69 Å². The van der Waals surface area contributed by atoms with Crippen LogP contribution in [0.2, 0.25) is 0 Å². The number of rotatable bonds is 4. The van der Waals surface area contributed by atoms with Crippen molar-refractivity contribution in [2.45, 2.75) is 38.5 Å². The summed E-state index contributed by atoms with van der Waals surface area (Å²) in [6.45, 7) is 1.75. The highest BCUT2D eigenvalue weighted by molar-refractivity contribution is 7.85. The predicted octanol–water partition coefficient (Wildman–Crippen LogP) is 4.03. The molecule has 1 aromatic carbocycles. The van der Waals surface area contributed by atoms with Gasteiger partial charge in [-0.2, -0.15) is 0 Å². The fraction of sp³-hybridized carbons (Fsp3) is 0.550. The van der Waals surface area contributed by atoms with Gasteiger partial charge in [0.25, 0.3) is 0 Å². The Kier molecular flexibility index (Phi) is 5.20. The van der Waals surface area contributed by atoms with Crippen LogP contribution in [0.25, 0.3) is 11.3 Å². The Morgan fingerprint density at radius 3 is 2.52 bits per heavy atom. The van der Waals surface area contributed by atoms with Gasteiger partial charge < -0.3 is 9.32 Å². The minimum absolute atomic E-state index is 0.634. The average Bonchev–Trinajstić information content (AvgIpc) is 3.12. The van der Waals surface area contributed by atoms with E-state index < -0.39 is 10.8 Å². The van der Waals surface area contributed by atoms with Crippen molar-refractivity contribution in [3.05, 3.63) is 36.4 Å². The second kappa shape index (κ2) is 7.73. The highest BCUT2D eigenvalue weighted by Gasteiger charge is 2.18. The average molecular weight is 359 g/mol. The van der Waals surface area contributed by atoms with Crippen LogP contribution in [0.5, 0.6) is 0 Å². The number of benzene rings is 1. The summed E-state index contributed by atoms with van der Waals surface area (Å²) in [4.78, 5) is 7.01. The first kappa shape index (κ1) is 16.8. The van der Waals surface area contributed by atoms with Crippen molar-refractivity contribution in [3.63, 3.8) is 0 Å². The summed E-state index contributed by atoms with van der Waals surface area (Å²) in [7, 11) is -0.634. The summed E-state index contributed by atoms with van der Waals surface area (Å²) in [5, 5.41) is 0. The molecular weight excluding hydrogens is 332 g/mol. The normalized spacial score (nSPS) is 20.1. The lowest BCUT2D eigenvalue weighted by Gasteiger charge is -2.28. The van der Waals surface area contributed by atoms with Crippen molar-refractivity contribution >= 4 is 16.5 Å². The van der Waals surface area contributed by atoms with Crippen LogP contribution in [0.1, 0.15) is 38.0 Å². The quantitative estimate of drug-likeness (QED) is 0.828. The van der Waals surface area contributed by atoms with Crippen molar-refractivity contribution < 1.29 is 8.63 Å². The molecule has 1 aliphatic heterocycles. The molecule has 4 rings (SSSR count). The number of hydrogen-bond donors (Lipinski definition) is 0. The predicted molar refractivity (Wildman–Crippen MR) is 102 cm³/mol. The Bertz CT molecular complexity index is 710. The van der Waals surface area contributed by atoms with Gasteiger partial charge in [-0.25, -0.2) is 4.98 Å². The minimum Gasteiger partial charge on any atom is -0.448 e. The Hall–Kier alpha value is -1.62. The molecule has 0 radical (unpaired) electrons. The molecule has 0 unspecified atom stereocenters. The molecule has 2 aromatic rings. The summed E-state index contributed by atoms with van der Waals surface area (Å²) in [5.41, 5.74) is 3.23. The van der Waals surface area contributed by atoms with E-state index in [1.807, 2.05) is 0 Å². The summed E-state index contributed by atoms with van der Waals surface area (Å²) in [5.74, 6) is 3.17. The molecule has 0 atom stereocenters. The molecule has 2 fully saturated rings. The molecular formula is C20H26N2O2S. The van der Waals surface area contributed by atoms with E-state index in [4.69, 9.17) is 9.40 Å². The monoisotopic (exact) mass is 358 g/mol. The van der Waals surface area contributed by atoms with Gasteiger partial charge in [-0.1, -0.05) is 31.4 Å². The van der Waals surface area contributed by atoms with Crippen LogP contribution in [0.3, 0.4) is 0 Å². The first-order valence-electron chi connectivity index (χ1n) is 9.43. The van der Waals surface area contributed by atoms with Crippen molar-refractivity contribution in [3.8, 4) is 11.3 Å². The van der Waals surface area contributed by atoms with Gasteiger partial charge in [0.2, 0.25) is 0 Å². The van der Waals surface area contributed by atoms with Crippen LogP contribution in [-0.2, 0) is 17.2 Å². The lowest BCUT2D eigenvalue weighted by atomic mass is 9.87. The zero-order valence-corrected chi connectivity index (χ0v) is 15.5. The van der Waals surface area contributed by atoms with Gasteiger partial charge in [0, 0.05) is 53.1 Å². The second-order valence-electron chi connectivity index (χ2n) is 7.22. The highest BCUT2D eigenvalue weighted by atomic mass is 32.2. The molecule has 1 aromatic heterocycles. The van der Waals surface area contributed by atoms with Gasteiger partial charge in [0.15, 0.2) is 5.89 Å². The zero-order valence-electron chi connectivity index (χ0n) is 14.7. The number of anilines is 1. The molecule has 0 N–H and O–H groups in total. The maximum atomic E-state index is 11.5.